The Hall–Kier alpha value is -2.14. The molecule has 2 aromatic carbocycles. The largest absolute Gasteiger partial charge is 0.353 e. The van der Waals surface area contributed by atoms with Gasteiger partial charge in [-0.2, -0.15) is 0 Å². The lowest BCUT2D eigenvalue weighted by Crippen LogP contribution is -2.51. The van der Waals surface area contributed by atoms with Crippen LogP contribution in [-0.4, -0.2) is 11.9 Å². The number of halogens is 3. The maximum absolute atomic E-state index is 13.6. The third-order valence-electron chi connectivity index (χ3n) is 7.24. The number of hydrogen-bond acceptors (Lipinski definition) is 2. The maximum atomic E-state index is 13.6. The number of carbonyl (C=O) groups is 1. The van der Waals surface area contributed by atoms with Crippen LogP contribution in [0.2, 0.25) is 9.36 Å². The molecule has 2 aliphatic rings. The maximum Gasteiger partial charge on any atom is 0.220 e. The van der Waals surface area contributed by atoms with Gasteiger partial charge in [0.15, 0.2) is 0 Å². The minimum Gasteiger partial charge on any atom is -0.353 e. The zero-order valence-electron chi connectivity index (χ0n) is 18.6. The quantitative estimate of drug-likeness (QED) is 0.368. The topological polar surface area (TPSA) is 29.1 Å². The molecule has 1 amide bonds. The molecule has 34 heavy (non-hydrogen) atoms. The Morgan fingerprint density at radius 3 is 2.62 bits per heavy atom. The lowest BCUT2D eigenvalue weighted by atomic mass is 9.65. The van der Waals surface area contributed by atoms with Crippen molar-refractivity contribution in [2.24, 2.45) is 17.8 Å². The number of rotatable bonds is 5. The first-order chi connectivity index (χ1) is 16.5. The summed E-state index contributed by atoms with van der Waals surface area (Å²) in [6.45, 7) is 0. The van der Waals surface area contributed by atoms with E-state index in [1.54, 1.807) is 17.4 Å². The number of thiophene rings is 1. The first kappa shape index (κ1) is 23.6. The standard InChI is InChI=1S/C28H26Cl2FNOS/c29-21-9-6-18(7-10-21)28(25-12-13-26(30)34-25)20-8-11-24-23(15-20)19(16-27(33)32-24)5-4-17-2-1-3-22(31)14-17/h1-7,9-10,12-14,19-20,23-24,28H,8,11,15-16H2,(H,32,33)/b5-4+. The van der Waals surface area contributed by atoms with Crippen LogP contribution in [0.1, 0.15) is 47.6 Å². The van der Waals surface area contributed by atoms with Gasteiger partial charge in [-0.25, -0.2) is 4.39 Å². The minimum absolute atomic E-state index is 0.105. The van der Waals surface area contributed by atoms with E-state index in [0.717, 1.165) is 34.2 Å². The average molecular weight is 514 g/mol. The summed E-state index contributed by atoms with van der Waals surface area (Å²) in [4.78, 5) is 13.7. The van der Waals surface area contributed by atoms with E-state index in [2.05, 4.69) is 29.6 Å². The Balaban J connectivity index is 1.43. The molecule has 2 fully saturated rings. The summed E-state index contributed by atoms with van der Waals surface area (Å²) >= 11 is 14.2. The lowest BCUT2D eigenvalue weighted by molar-refractivity contribution is -0.126. The van der Waals surface area contributed by atoms with Crippen molar-refractivity contribution in [2.45, 2.75) is 37.6 Å². The van der Waals surface area contributed by atoms with E-state index in [0.29, 0.717) is 18.3 Å². The second-order valence-corrected chi connectivity index (χ2v) is 11.5. The summed E-state index contributed by atoms with van der Waals surface area (Å²) in [7, 11) is 0. The van der Waals surface area contributed by atoms with E-state index in [4.69, 9.17) is 23.2 Å². The van der Waals surface area contributed by atoms with Crippen LogP contribution in [0.3, 0.4) is 0 Å². The van der Waals surface area contributed by atoms with Crippen molar-refractivity contribution in [3.63, 3.8) is 0 Å². The number of piperidine rings is 1. The zero-order chi connectivity index (χ0) is 23.7. The number of fused-ring (bicyclic) bond motifs is 1. The van der Waals surface area contributed by atoms with E-state index in [1.165, 1.54) is 22.6 Å². The molecule has 1 aliphatic heterocycles. The van der Waals surface area contributed by atoms with Gasteiger partial charge in [-0.3, -0.25) is 4.79 Å². The molecular formula is C28H26Cl2FNOS. The molecule has 0 bridgehead atoms. The molecule has 3 aromatic rings. The van der Waals surface area contributed by atoms with Crippen LogP contribution in [0.5, 0.6) is 0 Å². The Labute approximate surface area is 213 Å². The Morgan fingerprint density at radius 2 is 1.88 bits per heavy atom. The molecule has 1 aliphatic carbocycles. The molecule has 0 radical (unpaired) electrons. The van der Waals surface area contributed by atoms with Gasteiger partial charge < -0.3 is 5.32 Å². The molecule has 5 rings (SSSR count). The van der Waals surface area contributed by atoms with Crippen molar-refractivity contribution in [1.29, 1.82) is 0 Å². The second-order valence-electron chi connectivity index (χ2n) is 9.36. The summed E-state index contributed by atoms with van der Waals surface area (Å²) < 4.78 is 14.4. The third kappa shape index (κ3) is 5.25. The van der Waals surface area contributed by atoms with Crippen LogP contribution in [0.4, 0.5) is 4.39 Å². The first-order valence-electron chi connectivity index (χ1n) is 11.7. The highest BCUT2D eigenvalue weighted by atomic mass is 35.5. The number of benzene rings is 2. The summed E-state index contributed by atoms with van der Waals surface area (Å²) in [5.74, 6) is 0.986. The van der Waals surface area contributed by atoms with Crippen LogP contribution in [0.25, 0.3) is 6.08 Å². The fraction of sp³-hybridized carbons (Fsp3) is 0.321. The normalized spacial score (nSPS) is 25.7. The molecule has 1 N–H and O–H groups in total. The highest BCUT2D eigenvalue weighted by Crippen LogP contribution is 2.48. The first-order valence-corrected chi connectivity index (χ1v) is 13.3. The summed E-state index contributed by atoms with van der Waals surface area (Å²) in [6.07, 6.45) is 7.54. The van der Waals surface area contributed by atoms with E-state index < -0.39 is 0 Å². The smallest absolute Gasteiger partial charge is 0.220 e. The van der Waals surface area contributed by atoms with Crippen molar-refractivity contribution in [3.05, 3.63) is 97.9 Å². The highest BCUT2D eigenvalue weighted by Gasteiger charge is 2.42. The SMILES string of the molecule is O=C1CC(/C=C/c2cccc(F)c2)C2CC(C(c3ccc(Cl)cc3)c3ccc(Cl)s3)CCC2N1. The summed E-state index contributed by atoms with van der Waals surface area (Å²) in [6, 6.07) is 19.0. The van der Waals surface area contributed by atoms with Gasteiger partial charge in [0.25, 0.3) is 0 Å². The molecule has 1 saturated carbocycles. The number of carbonyl (C=O) groups excluding carboxylic acids is 1. The van der Waals surface area contributed by atoms with Gasteiger partial charge in [0.1, 0.15) is 5.82 Å². The van der Waals surface area contributed by atoms with Crippen LogP contribution in [-0.2, 0) is 4.79 Å². The fourth-order valence-electron chi connectivity index (χ4n) is 5.72. The fourth-order valence-corrected chi connectivity index (χ4v) is 7.12. The molecule has 1 aromatic heterocycles. The monoisotopic (exact) mass is 513 g/mol. The molecular weight excluding hydrogens is 488 g/mol. The molecule has 1 saturated heterocycles. The Kier molecular flexibility index (Phi) is 7.10. The van der Waals surface area contributed by atoms with Crippen LogP contribution >= 0.6 is 34.5 Å². The Bertz CT molecular complexity index is 1190. The number of hydrogen-bond donors (Lipinski definition) is 1. The number of allylic oxidation sites excluding steroid dienone is 1. The van der Waals surface area contributed by atoms with Crippen molar-refractivity contribution < 1.29 is 9.18 Å². The number of amides is 1. The molecule has 2 nitrogen and oxygen atoms in total. The average Bonchev–Trinajstić information content (AvgIpc) is 3.24. The van der Waals surface area contributed by atoms with Crippen LogP contribution in [0, 0.1) is 23.6 Å². The van der Waals surface area contributed by atoms with Crippen molar-refractivity contribution in [3.8, 4) is 0 Å². The van der Waals surface area contributed by atoms with Gasteiger partial charge in [-0.1, -0.05) is 59.6 Å². The van der Waals surface area contributed by atoms with Gasteiger partial charge in [-0.15, -0.1) is 11.3 Å². The van der Waals surface area contributed by atoms with E-state index in [1.807, 2.05) is 30.3 Å². The predicted molar refractivity (Wildman–Crippen MR) is 139 cm³/mol. The van der Waals surface area contributed by atoms with Gasteiger partial charge in [0.2, 0.25) is 5.91 Å². The van der Waals surface area contributed by atoms with Gasteiger partial charge in [0, 0.05) is 28.3 Å². The van der Waals surface area contributed by atoms with Crippen LogP contribution < -0.4 is 5.32 Å². The van der Waals surface area contributed by atoms with E-state index in [-0.39, 0.29) is 29.6 Å². The molecule has 5 atom stereocenters. The van der Waals surface area contributed by atoms with Gasteiger partial charge >= 0.3 is 0 Å². The zero-order valence-corrected chi connectivity index (χ0v) is 20.9. The molecule has 176 valence electrons. The molecule has 5 unspecified atom stereocenters. The van der Waals surface area contributed by atoms with Gasteiger partial charge in [-0.05, 0) is 84.5 Å². The molecule has 6 heteroatoms. The van der Waals surface area contributed by atoms with Gasteiger partial charge in [0.05, 0.1) is 4.34 Å². The van der Waals surface area contributed by atoms with Crippen molar-refractivity contribution >= 4 is 46.5 Å². The Morgan fingerprint density at radius 1 is 1.06 bits per heavy atom. The lowest BCUT2D eigenvalue weighted by Gasteiger charge is -2.45. The van der Waals surface area contributed by atoms with Crippen molar-refractivity contribution in [2.75, 3.05) is 0 Å². The highest BCUT2D eigenvalue weighted by molar-refractivity contribution is 7.16. The third-order valence-corrected chi connectivity index (χ3v) is 8.81. The summed E-state index contributed by atoms with van der Waals surface area (Å²) in [5, 5.41) is 3.97. The summed E-state index contributed by atoms with van der Waals surface area (Å²) in [5.41, 5.74) is 2.07. The minimum atomic E-state index is -0.250. The number of nitrogens with one attached hydrogen (secondary N) is 1. The second kappa shape index (κ2) is 10.2. The predicted octanol–water partition coefficient (Wildman–Crippen LogP) is 7.96. The van der Waals surface area contributed by atoms with E-state index in [9.17, 15) is 9.18 Å². The molecule has 0 spiro atoms. The van der Waals surface area contributed by atoms with Crippen LogP contribution in [0.15, 0.2) is 66.7 Å². The van der Waals surface area contributed by atoms with Crippen molar-refractivity contribution in [1.82, 2.24) is 5.32 Å². The molecule has 2 heterocycles. The van der Waals surface area contributed by atoms with E-state index >= 15 is 0 Å².